The molecule has 1 aliphatic carbocycles. The average molecular weight is 432 g/mol. The van der Waals surface area contributed by atoms with Gasteiger partial charge in [-0.3, -0.25) is 4.79 Å². The molecule has 1 amide bonds. The summed E-state index contributed by atoms with van der Waals surface area (Å²) in [5, 5.41) is 6.91. The van der Waals surface area contributed by atoms with Gasteiger partial charge in [-0.25, -0.2) is 18.3 Å². The van der Waals surface area contributed by atoms with Crippen molar-refractivity contribution in [3.8, 4) is 11.3 Å². The van der Waals surface area contributed by atoms with E-state index in [1.54, 1.807) is 10.7 Å². The van der Waals surface area contributed by atoms with Crippen LogP contribution in [0.15, 0.2) is 36.7 Å². The number of hydrogen-bond acceptors (Lipinski definition) is 5. The Kier molecular flexibility index (Phi) is 5.66. The highest BCUT2D eigenvalue weighted by molar-refractivity contribution is 7.15. The summed E-state index contributed by atoms with van der Waals surface area (Å²) in [6.45, 7) is 2.01. The molecular weight excluding hydrogens is 408 g/mol. The number of halogens is 2. The third-order valence-corrected chi connectivity index (χ3v) is 6.27. The second-order valence-electron chi connectivity index (χ2n) is 7.40. The van der Waals surface area contributed by atoms with E-state index in [4.69, 9.17) is 5.73 Å². The molecule has 3 aromatic rings. The Labute approximate surface area is 176 Å². The molecule has 2 atom stereocenters. The van der Waals surface area contributed by atoms with E-state index in [0.717, 1.165) is 22.4 Å². The molecule has 158 valence electrons. The number of nitrogens with zero attached hydrogens (tertiary/aromatic N) is 3. The van der Waals surface area contributed by atoms with Gasteiger partial charge in [0.05, 0.1) is 22.3 Å². The zero-order chi connectivity index (χ0) is 21.3. The van der Waals surface area contributed by atoms with Crippen molar-refractivity contribution in [3.05, 3.63) is 46.6 Å². The predicted molar refractivity (Wildman–Crippen MR) is 114 cm³/mol. The van der Waals surface area contributed by atoms with Gasteiger partial charge in [-0.05, 0) is 37.5 Å². The maximum Gasteiger partial charge on any atom is 0.280 e. The smallest absolute Gasteiger partial charge is 0.280 e. The van der Waals surface area contributed by atoms with Crippen LogP contribution in [0.5, 0.6) is 0 Å². The van der Waals surface area contributed by atoms with Crippen LogP contribution in [-0.4, -0.2) is 38.5 Å². The Bertz CT molecular complexity index is 1090. The summed E-state index contributed by atoms with van der Waals surface area (Å²) >= 11 is 1.17. The Morgan fingerprint density at radius 3 is 3.07 bits per heavy atom. The molecule has 0 bridgehead atoms. The molecule has 0 spiro atoms. The van der Waals surface area contributed by atoms with E-state index in [2.05, 4.69) is 15.4 Å². The first kappa shape index (κ1) is 20.6. The highest BCUT2D eigenvalue weighted by Crippen LogP contribution is 2.35. The van der Waals surface area contributed by atoms with Crippen LogP contribution in [-0.2, 0) is 0 Å². The van der Waals surface area contributed by atoms with E-state index < -0.39 is 23.9 Å². The average Bonchev–Trinajstić information content (AvgIpc) is 3.33. The number of thiazole rings is 1. The summed E-state index contributed by atoms with van der Waals surface area (Å²) < 4.78 is 30.3. The first-order chi connectivity index (χ1) is 14.4. The molecule has 30 heavy (non-hydrogen) atoms. The maximum absolute atomic E-state index is 14.3. The third-order valence-electron chi connectivity index (χ3n) is 5.25. The third kappa shape index (κ3) is 3.87. The quantitative estimate of drug-likeness (QED) is 0.636. The van der Waals surface area contributed by atoms with Gasteiger partial charge in [0.15, 0.2) is 5.01 Å². The van der Waals surface area contributed by atoms with Crippen LogP contribution in [0.2, 0.25) is 0 Å². The summed E-state index contributed by atoms with van der Waals surface area (Å²) in [6, 6.07) is 3.51. The second kappa shape index (κ2) is 8.23. The summed E-state index contributed by atoms with van der Waals surface area (Å²) in [5.41, 5.74) is 8.12. The molecule has 6 nitrogen and oxygen atoms in total. The largest absolute Gasteiger partial charge is 0.340 e. The summed E-state index contributed by atoms with van der Waals surface area (Å²) in [4.78, 5) is 18.1. The van der Waals surface area contributed by atoms with Crippen LogP contribution < -0.4 is 11.1 Å². The van der Waals surface area contributed by atoms with Crippen LogP contribution in [0.3, 0.4) is 0 Å². The van der Waals surface area contributed by atoms with Gasteiger partial charge in [-0.2, -0.15) is 5.10 Å². The van der Waals surface area contributed by atoms with E-state index in [1.807, 2.05) is 43.5 Å². The Balaban J connectivity index is 1.69. The molecule has 1 saturated carbocycles. The van der Waals surface area contributed by atoms with Crippen molar-refractivity contribution in [2.75, 3.05) is 0 Å². The second-order valence-corrected chi connectivity index (χ2v) is 8.43. The minimum Gasteiger partial charge on any atom is -0.340 e. The number of nitrogens with two attached hydrogens (primary N) is 1. The SMILES string of the molecule is CCC=Cc1sc(C(=O)N[C@@H]2[C@H](N)CCCC2(F)F)nc1-c1cnn2ccccc12. The van der Waals surface area contributed by atoms with Crippen molar-refractivity contribution in [1.29, 1.82) is 0 Å². The molecule has 4 rings (SSSR count). The molecule has 0 radical (unpaired) electrons. The lowest BCUT2D eigenvalue weighted by Crippen LogP contribution is -2.59. The number of carbonyl (C=O) groups is 1. The normalized spacial score (nSPS) is 21.3. The fourth-order valence-electron chi connectivity index (χ4n) is 3.70. The van der Waals surface area contributed by atoms with Gasteiger partial charge in [-0.1, -0.05) is 19.1 Å². The zero-order valence-corrected chi connectivity index (χ0v) is 17.3. The number of fused-ring (bicyclic) bond motifs is 1. The predicted octanol–water partition coefficient (Wildman–Crippen LogP) is 4.13. The summed E-state index contributed by atoms with van der Waals surface area (Å²) in [6.07, 6.45) is 8.73. The molecule has 0 saturated heterocycles. The van der Waals surface area contributed by atoms with Crippen LogP contribution in [0.4, 0.5) is 8.78 Å². The van der Waals surface area contributed by atoms with Crippen LogP contribution in [0.1, 0.15) is 47.3 Å². The van der Waals surface area contributed by atoms with Gasteiger partial charge in [0.2, 0.25) is 0 Å². The molecule has 3 N–H and O–H groups in total. The molecule has 1 fully saturated rings. The fourth-order valence-corrected chi connectivity index (χ4v) is 4.61. The van der Waals surface area contributed by atoms with Crippen LogP contribution >= 0.6 is 11.3 Å². The van der Waals surface area contributed by atoms with Crippen molar-refractivity contribution in [2.45, 2.75) is 50.6 Å². The van der Waals surface area contributed by atoms with Crippen LogP contribution in [0, 0.1) is 0 Å². The molecule has 0 unspecified atom stereocenters. The topological polar surface area (TPSA) is 85.3 Å². The maximum atomic E-state index is 14.3. The van der Waals surface area contributed by atoms with E-state index in [1.165, 1.54) is 11.3 Å². The lowest BCUT2D eigenvalue weighted by Gasteiger charge is -2.36. The molecule has 0 aromatic carbocycles. The number of allylic oxidation sites excluding steroid dienone is 1. The standard InChI is InChI=1S/C21H23F2N5OS/c1-2-3-9-16-17(13-12-25-28-11-5-4-8-15(13)28)26-20(30-16)19(29)27-18-14(24)7-6-10-21(18,22)23/h3-5,8-9,11-12,14,18H,2,6-7,10,24H2,1H3,(H,27,29)/t14-,18-/m1/s1. The minimum absolute atomic E-state index is 0.129. The monoisotopic (exact) mass is 431 g/mol. The number of hydrogen-bond donors (Lipinski definition) is 2. The van der Waals surface area contributed by atoms with E-state index in [0.29, 0.717) is 18.5 Å². The molecule has 9 heteroatoms. The van der Waals surface area contributed by atoms with Crippen molar-refractivity contribution in [3.63, 3.8) is 0 Å². The summed E-state index contributed by atoms with van der Waals surface area (Å²) in [5.74, 6) is -3.66. The van der Waals surface area contributed by atoms with Crippen molar-refractivity contribution < 1.29 is 13.6 Å². The van der Waals surface area contributed by atoms with Gasteiger partial charge < -0.3 is 11.1 Å². The Hall–Kier alpha value is -2.65. The Morgan fingerprint density at radius 1 is 1.47 bits per heavy atom. The minimum atomic E-state index is -3.03. The van der Waals surface area contributed by atoms with Crippen LogP contribution in [0.25, 0.3) is 22.9 Å². The van der Waals surface area contributed by atoms with Gasteiger partial charge in [0, 0.05) is 24.2 Å². The van der Waals surface area contributed by atoms with Gasteiger partial charge in [0.25, 0.3) is 11.8 Å². The molecule has 0 aliphatic heterocycles. The first-order valence-corrected chi connectivity index (χ1v) is 10.8. The molecule has 3 aromatic heterocycles. The van der Waals surface area contributed by atoms with E-state index >= 15 is 0 Å². The number of rotatable bonds is 5. The number of carbonyl (C=O) groups excluding carboxylic acids is 1. The lowest BCUT2D eigenvalue weighted by molar-refractivity contribution is -0.0674. The first-order valence-electron chi connectivity index (χ1n) is 9.95. The van der Waals surface area contributed by atoms with E-state index in [-0.39, 0.29) is 11.4 Å². The molecule has 3 heterocycles. The number of amides is 1. The van der Waals surface area contributed by atoms with Crippen molar-refractivity contribution >= 4 is 28.8 Å². The van der Waals surface area contributed by atoms with Crippen molar-refractivity contribution in [1.82, 2.24) is 19.9 Å². The number of nitrogens with one attached hydrogen (secondary N) is 1. The van der Waals surface area contributed by atoms with Crippen molar-refractivity contribution in [2.24, 2.45) is 5.73 Å². The Morgan fingerprint density at radius 2 is 2.30 bits per heavy atom. The van der Waals surface area contributed by atoms with Gasteiger partial charge >= 0.3 is 0 Å². The lowest BCUT2D eigenvalue weighted by atomic mass is 9.87. The zero-order valence-electron chi connectivity index (χ0n) is 16.5. The highest BCUT2D eigenvalue weighted by Gasteiger charge is 2.46. The summed E-state index contributed by atoms with van der Waals surface area (Å²) in [7, 11) is 0. The van der Waals surface area contributed by atoms with E-state index in [9.17, 15) is 13.6 Å². The number of pyridine rings is 1. The molecule has 1 aliphatic rings. The number of aromatic nitrogens is 3. The molecular formula is C21H23F2N5OS. The highest BCUT2D eigenvalue weighted by atomic mass is 32.1. The number of alkyl halides is 2. The van der Waals surface area contributed by atoms with Gasteiger partial charge in [-0.15, -0.1) is 11.3 Å². The van der Waals surface area contributed by atoms with Gasteiger partial charge in [0.1, 0.15) is 6.04 Å². The fraction of sp³-hybridized carbons (Fsp3) is 0.381.